The molecule has 0 aliphatic carbocycles. The topological polar surface area (TPSA) is 62.7 Å². The van der Waals surface area contributed by atoms with E-state index < -0.39 is 6.43 Å². The monoisotopic (exact) mass is 211 g/mol. The van der Waals surface area contributed by atoms with Crippen LogP contribution in [0.4, 0.5) is 8.78 Å². The minimum atomic E-state index is -2.61. The molecular weight excluding hydrogens is 200 g/mol. The molecule has 0 aliphatic heterocycles. The molecule has 0 aliphatic rings. The zero-order valence-corrected chi connectivity index (χ0v) is 8.30. The minimum absolute atomic E-state index is 0.143. The molecule has 0 atom stereocenters. The van der Waals surface area contributed by atoms with Gasteiger partial charge < -0.3 is 5.73 Å². The van der Waals surface area contributed by atoms with E-state index in [0.717, 1.165) is 0 Å². The van der Waals surface area contributed by atoms with Gasteiger partial charge in [-0.15, -0.1) is 0 Å². The number of hydrogen-bond acceptors (Lipinski definition) is 3. The summed E-state index contributed by atoms with van der Waals surface area (Å²) in [4.78, 5) is 3.65. The molecular formula is C10H11F2N3. The number of pyridine rings is 1. The van der Waals surface area contributed by atoms with E-state index in [0.29, 0.717) is 16.7 Å². The number of alkyl halides is 2. The molecule has 2 N–H and O–H groups in total. The van der Waals surface area contributed by atoms with Gasteiger partial charge in [0.1, 0.15) is 5.69 Å². The Bertz CT molecular complexity index is 396. The number of nitriles is 1. The SMILES string of the molecule is Cc1c(C(F)F)ncc(CC#N)c1CN. The summed E-state index contributed by atoms with van der Waals surface area (Å²) < 4.78 is 25.0. The van der Waals surface area contributed by atoms with Crippen molar-refractivity contribution in [1.29, 1.82) is 5.26 Å². The van der Waals surface area contributed by atoms with Crippen molar-refractivity contribution in [2.75, 3.05) is 0 Å². The first kappa shape index (κ1) is 11.5. The van der Waals surface area contributed by atoms with Crippen LogP contribution < -0.4 is 5.73 Å². The van der Waals surface area contributed by atoms with Crippen molar-refractivity contribution in [2.45, 2.75) is 26.3 Å². The van der Waals surface area contributed by atoms with Crippen LogP contribution >= 0.6 is 0 Å². The standard InChI is InChI=1S/C10H11F2N3/c1-6-8(4-14)7(2-3-13)5-15-9(6)10(11)12/h5,10H,2,4,14H2,1H3. The largest absolute Gasteiger partial charge is 0.326 e. The third kappa shape index (κ3) is 2.28. The van der Waals surface area contributed by atoms with Crippen molar-refractivity contribution in [1.82, 2.24) is 4.98 Å². The first-order valence-corrected chi connectivity index (χ1v) is 4.44. The second-order valence-corrected chi connectivity index (χ2v) is 3.11. The molecule has 0 saturated carbocycles. The summed E-state index contributed by atoms with van der Waals surface area (Å²) in [6.45, 7) is 1.70. The van der Waals surface area contributed by atoms with Gasteiger partial charge in [-0.1, -0.05) is 0 Å². The molecule has 0 radical (unpaired) electrons. The fourth-order valence-corrected chi connectivity index (χ4v) is 1.46. The molecule has 1 aromatic heterocycles. The van der Waals surface area contributed by atoms with Gasteiger partial charge in [0, 0.05) is 12.7 Å². The molecule has 0 aromatic carbocycles. The minimum Gasteiger partial charge on any atom is -0.326 e. The van der Waals surface area contributed by atoms with Crippen molar-refractivity contribution in [3.8, 4) is 6.07 Å². The van der Waals surface area contributed by atoms with Gasteiger partial charge in [0.25, 0.3) is 6.43 Å². The molecule has 1 rings (SSSR count). The summed E-state index contributed by atoms with van der Waals surface area (Å²) in [5.41, 5.74) is 6.83. The second-order valence-electron chi connectivity index (χ2n) is 3.11. The fourth-order valence-electron chi connectivity index (χ4n) is 1.46. The van der Waals surface area contributed by atoms with Crippen molar-refractivity contribution >= 4 is 0 Å². The van der Waals surface area contributed by atoms with Crippen molar-refractivity contribution < 1.29 is 8.78 Å². The Balaban J connectivity index is 3.27. The van der Waals surface area contributed by atoms with Crippen LogP contribution in [-0.4, -0.2) is 4.98 Å². The van der Waals surface area contributed by atoms with Gasteiger partial charge in [-0.2, -0.15) is 5.26 Å². The predicted octanol–water partition coefficient (Wildman–Crippen LogP) is 1.85. The average Bonchev–Trinajstić information content (AvgIpc) is 2.18. The number of halogens is 2. The summed E-state index contributed by atoms with van der Waals surface area (Å²) in [6.07, 6.45) is -1.16. The third-order valence-corrected chi connectivity index (χ3v) is 2.26. The summed E-state index contributed by atoms with van der Waals surface area (Å²) in [5, 5.41) is 8.54. The highest BCUT2D eigenvalue weighted by molar-refractivity contribution is 5.37. The van der Waals surface area contributed by atoms with Gasteiger partial charge in [0.15, 0.2) is 0 Å². The van der Waals surface area contributed by atoms with Gasteiger partial charge in [0.2, 0.25) is 0 Å². The van der Waals surface area contributed by atoms with E-state index in [-0.39, 0.29) is 18.7 Å². The zero-order chi connectivity index (χ0) is 11.4. The van der Waals surface area contributed by atoms with Gasteiger partial charge in [-0.05, 0) is 23.6 Å². The molecule has 1 aromatic rings. The van der Waals surface area contributed by atoms with Crippen LogP contribution in [0.1, 0.15) is 28.8 Å². The Morgan fingerprint density at radius 3 is 2.73 bits per heavy atom. The first-order valence-electron chi connectivity index (χ1n) is 4.44. The highest BCUT2D eigenvalue weighted by Crippen LogP contribution is 2.24. The van der Waals surface area contributed by atoms with Gasteiger partial charge in [-0.25, -0.2) is 8.78 Å². The molecule has 80 valence electrons. The predicted molar refractivity (Wildman–Crippen MR) is 51.1 cm³/mol. The van der Waals surface area contributed by atoms with E-state index >= 15 is 0 Å². The maximum absolute atomic E-state index is 12.5. The molecule has 0 fully saturated rings. The highest BCUT2D eigenvalue weighted by atomic mass is 19.3. The lowest BCUT2D eigenvalue weighted by Crippen LogP contribution is -2.08. The van der Waals surface area contributed by atoms with Gasteiger partial charge in [0.05, 0.1) is 12.5 Å². The normalized spacial score (nSPS) is 10.4. The molecule has 5 heteroatoms. The van der Waals surface area contributed by atoms with Gasteiger partial charge >= 0.3 is 0 Å². The number of hydrogen-bond donors (Lipinski definition) is 1. The van der Waals surface area contributed by atoms with E-state index in [1.807, 2.05) is 6.07 Å². The van der Waals surface area contributed by atoms with Crippen molar-refractivity contribution in [3.63, 3.8) is 0 Å². The molecule has 0 unspecified atom stereocenters. The van der Waals surface area contributed by atoms with E-state index in [4.69, 9.17) is 11.0 Å². The van der Waals surface area contributed by atoms with Crippen LogP contribution in [0.5, 0.6) is 0 Å². The Labute approximate surface area is 86.5 Å². The molecule has 15 heavy (non-hydrogen) atoms. The number of nitrogens with two attached hydrogens (primary N) is 1. The van der Waals surface area contributed by atoms with E-state index in [9.17, 15) is 8.78 Å². The number of rotatable bonds is 3. The zero-order valence-electron chi connectivity index (χ0n) is 8.30. The molecule has 0 saturated heterocycles. The van der Waals surface area contributed by atoms with Crippen LogP contribution in [0.15, 0.2) is 6.20 Å². The lowest BCUT2D eigenvalue weighted by atomic mass is 10.0. The maximum Gasteiger partial charge on any atom is 0.280 e. The summed E-state index contributed by atoms with van der Waals surface area (Å²) >= 11 is 0. The number of nitrogens with zero attached hydrogens (tertiary/aromatic N) is 2. The van der Waals surface area contributed by atoms with Gasteiger partial charge in [-0.3, -0.25) is 4.98 Å². The van der Waals surface area contributed by atoms with Crippen LogP contribution in [0, 0.1) is 18.3 Å². The third-order valence-electron chi connectivity index (χ3n) is 2.26. The van der Waals surface area contributed by atoms with Crippen LogP contribution in [0.3, 0.4) is 0 Å². The Kier molecular flexibility index (Phi) is 3.69. The van der Waals surface area contributed by atoms with Crippen molar-refractivity contribution in [2.24, 2.45) is 5.73 Å². The lowest BCUT2D eigenvalue weighted by Gasteiger charge is -2.11. The molecule has 0 amide bonds. The van der Waals surface area contributed by atoms with Crippen LogP contribution in [0.2, 0.25) is 0 Å². The fraction of sp³-hybridized carbons (Fsp3) is 0.400. The Hall–Kier alpha value is -1.54. The van der Waals surface area contributed by atoms with E-state index in [2.05, 4.69) is 4.98 Å². The average molecular weight is 211 g/mol. The quantitative estimate of drug-likeness (QED) is 0.829. The molecule has 1 heterocycles. The number of aromatic nitrogens is 1. The summed E-state index contributed by atoms with van der Waals surface area (Å²) in [7, 11) is 0. The van der Waals surface area contributed by atoms with E-state index in [1.54, 1.807) is 6.92 Å². The Morgan fingerprint density at radius 1 is 1.60 bits per heavy atom. The van der Waals surface area contributed by atoms with Crippen LogP contribution in [0.25, 0.3) is 0 Å². The first-order chi connectivity index (χ1) is 7.11. The summed E-state index contributed by atoms with van der Waals surface area (Å²) in [6, 6.07) is 1.95. The van der Waals surface area contributed by atoms with Crippen LogP contribution in [-0.2, 0) is 13.0 Å². The highest BCUT2D eigenvalue weighted by Gasteiger charge is 2.16. The molecule has 0 bridgehead atoms. The molecule has 0 spiro atoms. The molecule has 3 nitrogen and oxygen atoms in total. The van der Waals surface area contributed by atoms with Crippen molar-refractivity contribution in [3.05, 3.63) is 28.6 Å². The second kappa shape index (κ2) is 4.80. The van der Waals surface area contributed by atoms with E-state index in [1.165, 1.54) is 6.20 Å². The smallest absolute Gasteiger partial charge is 0.280 e. The lowest BCUT2D eigenvalue weighted by molar-refractivity contribution is 0.145. The maximum atomic E-state index is 12.5. The summed E-state index contributed by atoms with van der Waals surface area (Å²) in [5.74, 6) is 0. The Morgan fingerprint density at radius 2 is 2.27 bits per heavy atom.